The van der Waals surface area contributed by atoms with Crippen molar-refractivity contribution in [3.63, 3.8) is 0 Å². The van der Waals surface area contributed by atoms with Crippen LogP contribution in [-0.4, -0.2) is 24.8 Å². The normalized spacial score (nSPS) is 10.9. The van der Waals surface area contributed by atoms with Gasteiger partial charge in [0.15, 0.2) is 0 Å². The third-order valence-electron chi connectivity index (χ3n) is 4.82. The number of pyridine rings is 1. The molecular weight excluding hydrogens is 402 g/mol. The van der Waals surface area contributed by atoms with Gasteiger partial charge in [0.25, 0.3) is 0 Å². The molecule has 7 nitrogen and oxygen atoms in total. The van der Waals surface area contributed by atoms with Crippen LogP contribution in [0.3, 0.4) is 0 Å². The van der Waals surface area contributed by atoms with Crippen molar-refractivity contribution in [2.75, 3.05) is 0 Å². The Balaban J connectivity index is 1.61. The predicted molar refractivity (Wildman–Crippen MR) is 115 cm³/mol. The van der Waals surface area contributed by atoms with E-state index in [4.69, 9.17) is 16.3 Å². The molecule has 0 N–H and O–H groups in total. The summed E-state index contributed by atoms with van der Waals surface area (Å²) in [6, 6.07) is 17.1. The minimum atomic E-state index is -0.324. The van der Waals surface area contributed by atoms with Gasteiger partial charge >= 0.3 is 5.69 Å². The van der Waals surface area contributed by atoms with E-state index in [1.54, 1.807) is 7.05 Å². The molecule has 0 atom stereocenters. The molecule has 4 rings (SSSR count). The van der Waals surface area contributed by atoms with Gasteiger partial charge < -0.3 is 4.74 Å². The summed E-state index contributed by atoms with van der Waals surface area (Å²) < 4.78 is 8.45. The van der Waals surface area contributed by atoms with Gasteiger partial charge in [-0.2, -0.15) is 9.36 Å². The summed E-state index contributed by atoms with van der Waals surface area (Å²) in [6.45, 7) is 4.13. The lowest BCUT2D eigenvalue weighted by molar-refractivity contribution is 0.305. The minimum absolute atomic E-state index is 0.229. The number of tetrazole rings is 1. The van der Waals surface area contributed by atoms with Crippen LogP contribution in [0.5, 0.6) is 5.75 Å². The molecule has 8 heteroatoms. The average molecular weight is 422 g/mol. The van der Waals surface area contributed by atoms with Crippen LogP contribution in [0.4, 0.5) is 0 Å². The molecule has 0 bridgehead atoms. The van der Waals surface area contributed by atoms with Crippen molar-refractivity contribution in [2.24, 2.45) is 7.05 Å². The van der Waals surface area contributed by atoms with Crippen LogP contribution in [0.1, 0.15) is 16.8 Å². The maximum Gasteiger partial charge on any atom is 0.368 e. The average Bonchev–Trinajstić information content (AvgIpc) is 3.06. The number of aryl methyl sites for hydroxylation is 3. The van der Waals surface area contributed by atoms with Crippen LogP contribution < -0.4 is 10.4 Å². The summed E-state index contributed by atoms with van der Waals surface area (Å²) in [5, 5.41) is 8.22. The topological polar surface area (TPSA) is 74.8 Å². The second-order valence-corrected chi connectivity index (χ2v) is 7.37. The van der Waals surface area contributed by atoms with Crippen molar-refractivity contribution >= 4 is 11.6 Å². The molecule has 4 aromatic rings. The third-order valence-corrected chi connectivity index (χ3v) is 5.12. The van der Waals surface area contributed by atoms with Crippen molar-refractivity contribution in [1.29, 1.82) is 0 Å². The van der Waals surface area contributed by atoms with Gasteiger partial charge in [0, 0.05) is 23.9 Å². The molecule has 30 heavy (non-hydrogen) atoms. The summed E-state index contributed by atoms with van der Waals surface area (Å²) in [5.41, 5.74) is 4.82. The van der Waals surface area contributed by atoms with E-state index >= 15 is 0 Å². The van der Waals surface area contributed by atoms with Crippen molar-refractivity contribution in [1.82, 2.24) is 24.8 Å². The van der Waals surface area contributed by atoms with E-state index in [-0.39, 0.29) is 12.3 Å². The number of ether oxygens (including phenoxy) is 1. The monoisotopic (exact) mass is 421 g/mol. The van der Waals surface area contributed by atoms with Crippen LogP contribution >= 0.6 is 11.6 Å². The lowest BCUT2D eigenvalue weighted by Gasteiger charge is -2.14. The molecule has 0 saturated heterocycles. The van der Waals surface area contributed by atoms with Crippen molar-refractivity contribution in [3.05, 3.63) is 86.9 Å². The van der Waals surface area contributed by atoms with Crippen molar-refractivity contribution < 1.29 is 4.74 Å². The lowest BCUT2D eigenvalue weighted by Crippen LogP contribution is -2.23. The number of rotatable bonds is 5. The Morgan fingerprint density at radius 3 is 2.53 bits per heavy atom. The fourth-order valence-electron chi connectivity index (χ4n) is 3.17. The fourth-order valence-corrected chi connectivity index (χ4v) is 3.40. The number of halogens is 1. The van der Waals surface area contributed by atoms with Crippen LogP contribution in [-0.2, 0) is 13.7 Å². The van der Waals surface area contributed by atoms with E-state index in [0.717, 1.165) is 28.1 Å². The van der Waals surface area contributed by atoms with E-state index in [9.17, 15) is 4.79 Å². The molecule has 0 radical (unpaired) electrons. The number of nitrogens with zero attached hydrogens (tertiary/aromatic N) is 5. The Kier molecular flexibility index (Phi) is 5.37. The highest BCUT2D eigenvalue weighted by molar-refractivity contribution is 6.32. The Hall–Kier alpha value is -3.45. The highest BCUT2D eigenvalue weighted by atomic mass is 35.5. The number of aromatic nitrogens is 5. The van der Waals surface area contributed by atoms with Crippen LogP contribution in [0.15, 0.2) is 59.4 Å². The number of hydrogen-bond acceptors (Lipinski definition) is 5. The van der Waals surface area contributed by atoms with Crippen molar-refractivity contribution in [2.45, 2.75) is 20.5 Å². The molecule has 0 aliphatic carbocycles. The highest BCUT2D eigenvalue weighted by Crippen LogP contribution is 2.31. The first-order valence-corrected chi connectivity index (χ1v) is 9.76. The van der Waals surface area contributed by atoms with Crippen LogP contribution in [0.2, 0.25) is 5.02 Å². The van der Waals surface area contributed by atoms with E-state index < -0.39 is 0 Å². The van der Waals surface area contributed by atoms with Gasteiger partial charge in [-0.15, -0.1) is 0 Å². The van der Waals surface area contributed by atoms with Gasteiger partial charge in [-0.05, 0) is 66.2 Å². The molecular formula is C22H20ClN5O2. The SMILES string of the molecule is Cc1cccc(-c2ccc(OCc3c(C)cccc3-n3nnn(C)c3=O)c(Cl)c2)n1. The number of hydrogen-bond donors (Lipinski definition) is 0. The maximum atomic E-state index is 12.3. The molecule has 2 aromatic carbocycles. The molecule has 2 aromatic heterocycles. The largest absolute Gasteiger partial charge is 0.487 e. The first-order valence-electron chi connectivity index (χ1n) is 9.38. The van der Waals surface area contributed by atoms with E-state index in [1.165, 1.54) is 9.36 Å². The van der Waals surface area contributed by atoms with Crippen LogP contribution in [0, 0.1) is 13.8 Å². The minimum Gasteiger partial charge on any atom is -0.487 e. The summed E-state index contributed by atoms with van der Waals surface area (Å²) in [6.07, 6.45) is 0. The number of benzene rings is 2. The van der Waals surface area contributed by atoms with Gasteiger partial charge in [0.05, 0.1) is 16.4 Å². The molecule has 0 aliphatic heterocycles. The molecule has 0 spiro atoms. The van der Waals surface area contributed by atoms with Gasteiger partial charge in [0.2, 0.25) is 0 Å². The quantitative estimate of drug-likeness (QED) is 0.489. The van der Waals surface area contributed by atoms with E-state index in [0.29, 0.717) is 16.5 Å². The molecule has 0 aliphatic rings. The summed E-state index contributed by atoms with van der Waals surface area (Å²) in [5.74, 6) is 0.550. The second kappa shape index (κ2) is 8.12. The molecule has 152 valence electrons. The fraction of sp³-hybridized carbons (Fsp3) is 0.182. The van der Waals surface area contributed by atoms with Crippen LogP contribution in [0.25, 0.3) is 16.9 Å². The zero-order chi connectivity index (χ0) is 21.3. The molecule has 2 heterocycles. The Morgan fingerprint density at radius 1 is 1.03 bits per heavy atom. The zero-order valence-electron chi connectivity index (χ0n) is 16.8. The maximum absolute atomic E-state index is 12.3. The lowest BCUT2D eigenvalue weighted by atomic mass is 10.1. The Morgan fingerprint density at radius 2 is 1.83 bits per heavy atom. The first kappa shape index (κ1) is 19.8. The molecule has 0 fully saturated rings. The first-order chi connectivity index (χ1) is 14.4. The predicted octanol–water partition coefficient (Wildman–Crippen LogP) is 3.88. The summed E-state index contributed by atoms with van der Waals surface area (Å²) in [7, 11) is 1.56. The second-order valence-electron chi connectivity index (χ2n) is 6.97. The van der Waals surface area contributed by atoms with Gasteiger partial charge in [-0.1, -0.05) is 29.8 Å². The van der Waals surface area contributed by atoms with Gasteiger partial charge in [-0.3, -0.25) is 4.98 Å². The van der Waals surface area contributed by atoms with Gasteiger partial charge in [0.1, 0.15) is 12.4 Å². The van der Waals surface area contributed by atoms with E-state index in [1.807, 2.05) is 68.4 Å². The zero-order valence-corrected chi connectivity index (χ0v) is 17.6. The summed E-state index contributed by atoms with van der Waals surface area (Å²) >= 11 is 6.48. The Labute approximate surface area is 178 Å². The molecule has 0 saturated carbocycles. The summed E-state index contributed by atoms with van der Waals surface area (Å²) in [4.78, 5) is 16.8. The molecule has 0 amide bonds. The highest BCUT2D eigenvalue weighted by Gasteiger charge is 2.14. The van der Waals surface area contributed by atoms with E-state index in [2.05, 4.69) is 15.4 Å². The smallest absolute Gasteiger partial charge is 0.368 e. The van der Waals surface area contributed by atoms with Gasteiger partial charge in [-0.25, -0.2) is 4.79 Å². The Bertz CT molecular complexity index is 1280. The standard InChI is InChI=1S/C22H20ClN5O2/c1-14-6-4-9-20(28-22(29)27(3)25-26-28)17(14)13-30-21-11-10-16(12-18(21)23)19-8-5-7-15(2)24-19/h4-12H,13H2,1-3H3. The third kappa shape index (κ3) is 3.84. The van der Waals surface area contributed by atoms with Crippen molar-refractivity contribution in [3.8, 4) is 22.7 Å². The molecule has 0 unspecified atom stereocenters.